The van der Waals surface area contributed by atoms with Crippen LogP contribution in [0.3, 0.4) is 0 Å². The van der Waals surface area contributed by atoms with Crippen LogP contribution in [0.1, 0.15) is 44.2 Å². The van der Waals surface area contributed by atoms with E-state index in [0.29, 0.717) is 10.9 Å². The van der Waals surface area contributed by atoms with Crippen LogP contribution in [0.15, 0.2) is 24.3 Å². The van der Waals surface area contributed by atoms with E-state index in [1.807, 2.05) is 24.3 Å². The van der Waals surface area contributed by atoms with Gasteiger partial charge < -0.3 is 11.1 Å². The second kappa shape index (κ2) is 6.40. The van der Waals surface area contributed by atoms with Crippen LogP contribution in [0.25, 0.3) is 0 Å². The van der Waals surface area contributed by atoms with Gasteiger partial charge in [-0.3, -0.25) is 4.79 Å². The SMILES string of the molecule is CC(N)C(=O)NC(c1cccc(Cl)c1)C1CCCC1. The molecule has 19 heavy (non-hydrogen) atoms. The van der Waals surface area contributed by atoms with E-state index in [1.165, 1.54) is 12.8 Å². The molecule has 1 aromatic rings. The lowest BCUT2D eigenvalue weighted by Crippen LogP contribution is -2.42. The molecule has 1 amide bonds. The Labute approximate surface area is 119 Å². The van der Waals surface area contributed by atoms with E-state index in [9.17, 15) is 4.79 Å². The molecule has 1 fully saturated rings. The lowest BCUT2D eigenvalue weighted by Gasteiger charge is -2.26. The first kappa shape index (κ1) is 14.4. The van der Waals surface area contributed by atoms with Gasteiger partial charge in [0.05, 0.1) is 12.1 Å². The molecule has 2 rings (SSSR count). The van der Waals surface area contributed by atoms with Gasteiger partial charge in [0.1, 0.15) is 0 Å². The monoisotopic (exact) mass is 280 g/mol. The van der Waals surface area contributed by atoms with Crippen LogP contribution in [0.4, 0.5) is 0 Å². The van der Waals surface area contributed by atoms with Crippen molar-refractivity contribution >= 4 is 17.5 Å². The zero-order chi connectivity index (χ0) is 13.8. The molecule has 104 valence electrons. The predicted molar refractivity (Wildman–Crippen MR) is 77.9 cm³/mol. The number of hydrogen-bond acceptors (Lipinski definition) is 2. The quantitative estimate of drug-likeness (QED) is 0.891. The highest BCUT2D eigenvalue weighted by Gasteiger charge is 2.28. The van der Waals surface area contributed by atoms with Crippen LogP contribution in [-0.2, 0) is 4.79 Å². The molecule has 0 bridgehead atoms. The molecule has 3 N–H and O–H groups in total. The van der Waals surface area contributed by atoms with Gasteiger partial charge >= 0.3 is 0 Å². The Hall–Kier alpha value is -1.06. The van der Waals surface area contributed by atoms with Gasteiger partial charge in [-0.2, -0.15) is 0 Å². The fourth-order valence-corrected chi connectivity index (χ4v) is 2.95. The molecule has 0 spiro atoms. The van der Waals surface area contributed by atoms with Crippen LogP contribution >= 0.6 is 11.6 Å². The summed E-state index contributed by atoms with van der Waals surface area (Å²) in [6, 6.07) is 7.28. The summed E-state index contributed by atoms with van der Waals surface area (Å²) in [6.07, 6.45) is 4.76. The molecule has 2 unspecified atom stereocenters. The van der Waals surface area contributed by atoms with Crippen LogP contribution in [0, 0.1) is 5.92 Å². The van der Waals surface area contributed by atoms with E-state index in [1.54, 1.807) is 6.92 Å². The Morgan fingerprint density at radius 3 is 2.68 bits per heavy atom. The minimum atomic E-state index is -0.483. The Balaban J connectivity index is 2.20. The maximum absolute atomic E-state index is 11.9. The van der Waals surface area contributed by atoms with E-state index in [2.05, 4.69) is 5.32 Å². The number of rotatable bonds is 4. The van der Waals surface area contributed by atoms with Crippen molar-refractivity contribution in [3.8, 4) is 0 Å². The first-order chi connectivity index (χ1) is 9.08. The molecule has 1 saturated carbocycles. The molecule has 0 heterocycles. The predicted octanol–water partition coefficient (Wildman–Crippen LogP) is 3.03. The molecule has 0 radical (unpaired) electrons. The number of carbonyl (C=O) groups excluding carboxylic acids is 1. The summed E-state index contributed by atoms with van der Waals surface area (Å²) in [4.78, 5) is 11.9. The first-order valence-electron chi connectivity index (χ1n) is 6.89. The van der Waals surface area contributed by atoms with Gasteiger partial charge in [-0.15, -0.1) is 0 Å². The molecule has 2 atom stereocenters. The minimum absolute atomic E-state index is 0.0275. The van der Waals surface area contributed by atoms with Crippen molar-refractivity contribution in [2.75, 3.05) is 0 Å². The average Bonchev–Trinajstić information content (AvgIpc) is 2.89. The van der Waals surface area contributed by atoms with Crippen LogP contribution in [0.2, 0.25) is 5.02 Å². The van der Waals surface area contributed by atoms with Crippen LogP contribution < -0.4 is 11.1 Å². The summed E-state index contributed by atoms with van der Waals surface area (Å²) < 4.78 is 0. The maximum atomic E-state index is 11.9. The third-order valence-electron chi connectivity index (χ3n) is 3.79. The second-order valence-corrected chi connectivity index (χ2v) is 5.81. The van der Waals surface area contributed by atoms with E-state index < -0.39 is 6.04 Å². The molecule has 0 aromatic heterocycles. The second-order valence-electron chi connectivity index (χ2n) is 5.37. The van der Waals surface area contributed by atoms with Crippen LogP contribution in [0.5, 0.6) is 0 Å². The lowest BCUT2D eigenvalue weighted by atomic mass is 9.91. The molecule has 1 aromatic carbocycles. The molecular weight excluding hydrogens is 260 g/mol. The molecule has 3 nitrogen and oxygen atoms in total. The topological polar surface area (TPSA) is 55.1 Å². The Bertz CT molecular complexity index is 442. The summed E-state index contributed by atoms with van der Waals surface area (Å²) in [5.74, 6) is 0.387. The van der Waals surface area contributed by atoms with Gasteiger partial charge in [0.2, 0.25) is 5.91 Å². The van der Waals surface area contributed by atoms with Crippen molar-refractivity contribution in [3.05, 3.63) is 34.9 Å². The van der Waals surface area contributed by atoms with Crippen molar-refractivity contribution in [2.45, 2.75) is 44.7 Å². The first-order valence-corrected chi connectivity index (χ1v) is 7.27. The van der Waals surface area contributed by atoms with E-state index >= 15 is 0 Å². The van der Waals surface area contributed by atoms with Gasteiger partial charge in [0.15, 0.2) is 0 Å². The zero-order valence-corrected chi connectivity index (χ0v) is 12.0. The smallest absolute Gasteiger partial charge is 0.237 e. The fourth-order valence-electron chi connectivity index (χ4n) is 2.75. The summed E-state index contributed by atoms with van der Waals surface area (Å²) in [7, 11) is 0. The third-order valence-corrected chi connectivity index (χ3v) is 4.03. The van der Waals surface area contributed by atoms with Gasteiger partial charge in [-0.25, -0.2) is 0 Å². The molecular formula is C15H21ClN2O. The highest BCUT2D eigenvalue weighted by Crippen LogP contribution is 2.36. The maximum Gasteiger partial charge on any atom is 0.237 e. The summed E-state index contributed by atoms with van der Waals surface area (Å²) >= 11 is 6.06. The average molecular weight is 281 g/mol. The lowest BCUT2D eigenvalue weighted by molar-refractivity contribution is -0.123. The molecule has 0 aliphatic heterocycles. The molecule has 1 aliphatic carbocycles. The van der Waals surface area contributed by atoms with Gasteiger partial charge in [-0.1, -0.05) is 36.6 Å². The van der Waals surface area contributed by atoms with Crippen molar-refractivity contribution in [1.29, 1.82) is 0 Å². The van der Waals surface area contributed by atoms with Gasteiger partial charge in [0.25, 0.3) is 0 Å². The van der Waals surface area contributed by atoms with Crippen molar-refractivity contribution < 1.29 is 4.79 Å². The number of benzene rings is 1. The van der Waals surface area contributed by atoms with Gasteiger partial charge in [-0.05, 0) is 43.4 Å². The number of amides is 1. The normalized spacial score (nSPS) is 19.1. The van der Waals surface area contributed by atoms with E-state index in [4.69, 9.17) is 17.3 Å². The van der Waals surface area contributed by atoms with E-state index in [0.717, 1.165) is 18.4 Å². The number of carbonyl (C=O) groups is 1. The van der Waals surface area contributed by atoms with Crippen molar-refractivity contribution in [3.63, 3.8) is 0 Å². The summed E-state index contributed by atoms with van der Waals surface area (Å²) in [5, 5.41) is 3.78. The Morgan fingerprint density at radius 2 is 2.11 bits per heavy atom. The highest BCUT2D eigenvalue weighted by molar-refractivity contribution is 6.30. The number of nitrogens with two attached hydrogens (primary N) is 1. The fraction of sp³-hybridized carbons (Fsp3) is 0.533. The van der Waals surface area contributed by atoms with Crippen molar-refractivity contribution in [2.24, 2.45) is 11.7 Å². The van der Waals surface area contributed by atoms with Crippen molar-refractivity contribution in [1.82, 2.24) is 5.32 Å². The molecule has 0 saturated heterocycles. The zero-order valence-electron chi connectivity index (χ0n) is 11.2. The summed E-state index contributed by atoms with van der Waals surface area (Å²) in [6.45, 7) is 1.71. The number of hydrogen-bond donors (Lipinski definition) is 2. The van der Waals surface area contributed by atoms with Gasteiger partial charge in [0, 0.05) is 5.02 Å². The minimum Gasteiger partial charge on any atom is -0.348 e. The Morgan fingerprint density at radius 1 is 1.42 bits per heavy atom. The molecule has 4 heteroatoms. The number of halogens is 1. The third kappa shape index (κ3) is 3.71. The largest absolute Gasteiger partial charge is 0.348 e. The van der Waals surface area contributed by atoms with E-state index in [-0.39, 0.29) is 11.9 Å². The number of nitrogens with one attached hydrogen (secondary N) is 1. The summed E-state index contributed by atoms with van der Waals surface area (Å²) in [5.41, 5.74) is 6.73. The highest BCUT2D eigenvalue weighted by atomic mass is 35.5. The Kier molecular flexibility index (Phi) is 4.83. The standard InChI is InChI=1S/C15H21ClN2O/c1-10(17)15(19)18-14(11-5-2-3-6-11)12-7-4-8-13(16)9-12/h4,7-11,14H,2-3,5-6,17H2,1H3,(H,18,19). The van der Waals surface area contributed by atoms with Crippen LogP contribution in [-0.4, -0.2) is 11.9 Å². The molecule has 1 aliphatic rings.